The number of phosphoric ester groups is 2. The molecule has 0 radical (unpaired) electrons. The number of carbonyl (C=O) groups is 4. The minimum absolute atomic E-state index is 0.106. The molecule has 0 aromatic carbocycles. The lowest BCUT2D eigenvalue weighted by atomic mass is 10.00. The molecule has 104 heavy (non-hydrogen) atoms. The second-order valence-electron chi connectivity index (χ2n) is 32.2. The third-order valence-corrected chi connectivity index (χ3v) is 22.1. The molecule has 0 aliphatic heterocycles. The van der Waals surface area contributed by atoms with E-state index in [4.69, 9.17) is 37.0 Å². The van der Waals surface area contributed by atoms with Gasteiger partial charge in [0.05, 0.1) is 26.4 Å². The predicted molar refractivity (Wildman–Crippen MR) is 428 cm³/mol. The van der Waals surface area contributed by atoms with Gasteiger partial charge in [-0.3, -0.25) is 37.3 Å². The van der Waals surface area contributed by atoms with Gasteiger partial charge in [-0.25, -0.2) is 9.13 Å². The Hall–Kier alpha value is -1.94. The lowest BCUT2D eigenvalue weighted by Gasteiger charge is -2.21. The van der Waals surface area contributed by atoms with Gasteiger partial charge in [-0.1, -0.05) is 389 Å². The molecule has 0 spiro atoms. The van der Waals surface area contributed by atoms with Gasteiger partial charge in [0.15, 0.2) is 12.2 Å². The van der Waals surface area contributed by atoms with Gasteiger partial charge in [-0.05, 0) is 49.4 Å². The molecule has 0 bridgehead atoms. The molecule has 0 rings (SSSR count). The van der Waals surface area contributed by atoms with E-state index in [2.05, 4.69) is 55.4 Å². The number of aliphatic hydroxyl groups excluding tert-OH is 1. The smallest absolute Gasteiger partial charge is 0.462 e. The maximum absolute atomic E-state index is 13.1. The molecule has 3 unspecified atom stereocenters. The number of esters is 4. The van der Waals surface area contributed by atoms with E-state index in [1.807, 2.05) is 0 Å². The van der Waals surface area contributed by atoms with Crippen LogP contribution in [0.4, 0.5) is 0 Å². The zero-order valence-corrected chi connectivity index (χ0v) is 70.5. The van der Waals surface area contributed by atoms with E-state index in [9.17, 15) is 43.2 Å². The molecule has 19 heteroatoms. The van der Waals surface area contributed by atoms with Crippen LogP contribution in [0.25, 0.3) is 0 Å². The summed E-state index contributed by atoms with van der Waals surface area (Å²) in [5.74, 6) is 1.03. The van der Waals surface area contributed by atoms with Gasteiger partial charge in [0.25, 0.3) is 0 Å². The lowest BCUT2D eigenvalue weighted by molar-refractivity contribution is -0.161. The monoisotopic (exact) mass is 1520 g/mol. The zero-order chi connectivity index (χ0) is 76.7. The molecule has 0 fully saturated rings. The van der Waals surface area contributed by atoms with Gasteiger partial charge < -0.3 is 33.8 Å². The summed E-state index contributed by atoms with van der Waals surface area (Å²) in [6.07, 6.45) is 62.5. The number of aliphatic hydroxyl groups is 1. The van der Waals surface area contributed by atoms with Crippen LogP contribution in [0, 0.1) is 23.7 Å². The predicted octanol–water partition coefficient (Wildman–Crippen LogP) is 25.6. The number of rotatable bonds is 82. The Bertz CT molecular complexity index is 2030. The number of unbranched alkanes of at least 4 members (excludes halogenated alkanes) is 47. The van der Waals surface area contributed by atoms with E-state index in [0.29, 0.717) is 25.7 Å². The maximum atomic E-state index is 13.1. The van der Waals surface area contributed by atoms with Crippen molar-refractivity contribution in [3.63, 3.8) is 0 Å². The number of hydrogen-bond donors (Lipinski definition) is 3. The third kappa shape index (κ3) is 76.8. The second-order valence-corrected chi connectivity index (χ2v) is 35.2. The molecule has 0 aliphatic rings. The van der Waals surface area contributed by atoms with Crippen LogP contribution in [0.2, 0.25) is 0 Å². The Morgan fingerprint density at radius 2 is 0.462 bits per heavy atom. The molecule has 3 N–H and O–H groups in total. The van der Waals surface area contributed by atoms with Gasteiger partial charge in [-0.15, -0.1) is 0 Å². The van der Waals surface area contributed by atoms with Crippen molar-refractivity contribution in [2.24, 2.45) is 23.7 Å². The average Bonchev–Trinajstić information content (AvgIpc) is 0.905. The first kappa shape index (κ1) is 102. The Morgan fingerprint density at radius 3 is 0.683 bits per heavy atom. The van der Waals surface area contributed by atoms with Crippen molar-refractivity contribution in [3.05, 3.63) is 0 Å². The standard InChI is InChI=1S/C85H166O17P2/c1-9-78(8)64-56-48-43-44-50-58-66-83(88)96-72-81(102-85(90)68-60-52-42-36-30-24-18-17-21-27-33-39-47-55-63-77(6)7)74-100-104(93,94)98-70-79(86)69-97-103(91,92)99-73-80(71-95-82(87)65-57-49-40-34-28-22-16-12-14-20-26-32-38-46-54-62-76(4)5)101-84(89)67-59-51-41-35-29-23-15-11-10-13-19-25-31-37-45-53-61-75(2)3/h75-81,86H,9-74H2,1-8H3,(H,91,92)(H,93,94)/t78?,79-,80-,81-/m1/s1. The van der Waals surface area contributed by atoms with E-state index < -0.39 is 97.5 Å². The molecule has 0 heterocycles. The highest BCUT2D eigenvalue weighted by atomic mass is 31.2. The highest BCUT2D eigenvalue weighted by Crippen LogP contribution is 2.45. The van der Waals surface area contributed by atoms with E-state index in [1.165, 1.54) is 238 Å². The Balaban J connectivity index is 5.24. The van der Waals surface area contributed by atoms with Crippen LogP contribution >= 0.6 is 15.6 Å². The molecular formula is C85H166O17P2. The average molecular weight is 1520 g/mol. The molecule has 0 amide bonds. The summed E-state index contributed by atoms with van der Waals surface area (Å²) in [7, 11) is -9.93. The van der Waals surface area contributed by atoms with E-state index in [0.717, 1.165) is 120 Å². The molecule has 6 atom stereocenters. The summed E-state index contributed by atoms with van der Waals surface area (Å²) in [5.41, 5.74) is 0. The fourth-order valence-corrected chi connectivity index (χ4v) is 14.7. The summed E-state index contributed by atoms with van der Waals surface area (Å²) in [4.78, 5) is 73.2. The lowest BCUT2D eigenvalue weighted by Crippen LogP contribution is -2.30. The van der Waals surface area contributed by atoms with Crippen LogP contribution in [0.15, 0.2) is 0 Å². The topological polar surface area (TPSA) is 237 Å². The van der Waals surface area contributed by atoms with Crippen LogP contribution in [0.3, 0.4) is 0 Å². The number of hydrogen-bond acceptors (Lipinski definition) is 15. The summed E-state index contributed by atoms with van der Waals surface area (Å²) < 4.78 is 68.9. The van der Waals surface area contributed by atoms with Crippen molar-refractivity contribution >= 4 is 39.5 Å². The van der Waals surface area contributed by atoms with Crippen molar-refractivity contribution in [1.29, 1.82) is 0 Å². The molecule has 0 aliphatic carbocycles. The first-order valence-electron chi connectivity index (χ1n) is 43.7. The van der Waals surface area contributed by atoms with Crippen LogP contribution < -0.4 is 0 Å². The fourth-order valence-electron chi connectivity index (χ4n) is 13.1. The van der Waals surface area contributed by atoms with E-state index >= 15 is 0 Å². The highest BCUT2D eigenvalue weighted by molar-refractivity contribution is 7.47. The molecule has 0 saturated carbocycles. The molecule has 0 aromatic rings. The van der Waals surface area contributed by atoms with Crippen LogP contribution in [0.5, 0.6) is 0 Å². The van der Waals surface area contributed by atoms with Crippen molar-refractivity contribution in [1.82, 2.24) is 0 Å². The van der Waals surface area contributed by atoms with Crippen molar-refractivity contribution in [3.8, 4) is 0 Å². The van der Waals surface area contributed by atoms with Gasteiger partial charge in [0.1, 0.15) is 19.3 Å². The number of phosphoric acid groups is 2. The SMILES string of the molecule is CCC(C)CCCCCCCCC(=O)OC[C@H](COP(=O)(O)OC[C@H](O)COP(=O)(O)OC[C@@H](COC(=O)CCCCCCCCCCCCCCCCCC(C)C)OC(=O)CCCCCCCCCCCCCCCCCCC(C)C)OC(=O)CCCCCCCCCCCCCCCCC(C)C. The number of carbonyl (C=O) groups excluding carboxylic acids is 4. The van der Waals surface area contributed by atoms with Crippen molar-refractivity contribution in [2.45, 2.75) is 459 Å². The highest BCUT2D eigenvalue weighted by Gasteiger charge is 2.30. The first-order chi connectivity index (χ1) is 50.1. The van der Waals surface area contributed by atoms with Crippen molar-refractivity contribution < 1.29 is 80.2 Å². The number of ether oxygens (including phenoxy) is 4. The van der Waals surface area contributed by atoms with E-state index in [1.54, 1.807) is 0 Å². The molecular weight excluding hydrogens is 1350 g/mol. The summed E-state index contributed by atoms with van der Waals surface area (Å²) >= 11 is 0. The molecule has 17 nitrogen and oxygen atoms in total. The molecule has 618 valence electrons. The molecule has 0 saturated heterocycles. The molecule has 0 aromatic heterocycles. The Morgan fingerprint density at radius 1 is 0.269 bits per heavy atom. The van der Waals surface area contributed by atoms with Gasteiger partial charge >= 0.3 is 39.5 Å². The van der Waals surface area contributed by atoms with Gasteiger partial charge in [0, 0.05) is 25.7 Å². The van der Waals surface area contributed by atoms with Crippen LogP contribution in [-0.2, 0) is 65.4 Å². The quantitative estimate of drug-likeness (QED) is 0.0222. The van der Waals surface area contributed by atoms with Crippen LogP contribution in [0.1, 0.15) is 441 Å². The largest absolute Gasteiger partial charge is 0.472 e. The Kier molecular flexibility index (Phi) is 72.5. The minimum atomic E-state index is -4.97. The fraction of sp³-hybridized carbons (Fsp3) is 0.953. The summed E-state index contributed by atoms with van der Waals surface area (Å²) in [6, 6.07) is 0. The van der Waals surface area contributed by atoms with Gasteiger partial charge in [0.2, 0.25) is 0 Å². The minimum Gasteiger partial charge on any atom is -0.462 e. The second kappa shape index (κ2) is 73.8. The first-order valence-corrected chi connectivity index (χ1v) is 46.7. The van der Waals surface area contributed by atoms with Crippen molar-refractivity contribution in [2.75, 3.05) is 39.6 Å². The van der Waals surface area contributed by atoms with Crippen LogP contribution in [-0.4, -0.2) is 96.7 Å². The normalized spacial score (nSPS) is 14.2. The summed E-state index contributed by atoms with van der Waals surface area (Å²) in [5, 5.41) is 10.7. The third-order valence-electron chi connectivity index (χ3n) is 20.2. The van der Waals surface area contributed by atoms with Gasteiger partial charge in [-0.2, -0.15) is 0 Å². The maximum Gasteiger partial charge on any atom is 0.472 e. The summed E-state index contributed by atoms with van der Waals surface area (Å²) in [6.45, 7) is 14.3. The zero-order valence-electron chi connectivity index (χ0n) is 68.7. The van der Waals surface area contributed by atoms with E-state index in [-0.39, 0.29) is 25.7 Å². The Labute approximate surface area is 638 Å².